The van der Waals surface area contributed by atoms with Crippen LogP contribution in [0.3, 0.4) is 0 Å². The van der Waals surface area contributed by atoms with Gasteiger partial charge in [-0.1, -0.05) is 33.8 Å². The van der Waals surface area contributed by atoms with Crippen LogP contribution in [0.2, 0.25) is 0 Å². The molecular formula is C14H22FN. The second-order valence-corrected chi connectivity index (χ2v) is 5.07. The quantitative estimate of drug-likeness (QED) is 0.802. The van der Waals surface area contributed by atoms with Crippen LogP contribution in [0, 0.1) is 11.7 Å². The fourth-order valence-electron chi connectivity index (χ4n) is 1.62. The van der Waals surface area contributed by atoms with E-state index in [1.165, 1.54) is 0 Å². The molecule has 0 fully saturated rings. The van der Waals surface area contributed by atoms with Crippen LogP contribution < -0.4 is 5.32 Å². The highest BCUT2D eigenvalue weighted by Crippen LogP contribution is 2.17. The van der Waals surface area contributed by atoms with E-state index in [-0.39, 0.29) is 5.82 Å². The molecule has 16 heavy (non-hydrogen) atoms. The maximum Gasteiger partial charge on any atom is 0.123 e. The van der Waals surface area contributed by atoms with Crippen LogP contribution in [0.5, 0.6) is 0 Å². The third-order valence-corrected chi connectivity index (χ3v) is 2.53. The molecule has 0 aromatic heterocycles. The summed E-state index contributed by atoms with van der Waals surface area (Å²) in [6.07, 6.45) is 0. The number of nitrogens with one attached hydrogen (secondary N) is 1. The largest absolute Gasteiger partial charge is 0.312 e. The molecule has 0 unspecified atom stereocenters. The molecule has 1 N–H and O–H groups in total. The molecule has 0 bridgehead atoms. The van der Waals surface area contributed by atoms with Crippen molar-refractivity contribution in [1.29, 1.82) is 0 Å². The monoisotopic (exact) mass is 223 g/mol. The number of halogens is 1. The molecule has 0 atom stereocenters. The van der Waals surface area contributed by atoms with Crippen molar-refractivity contribution in [2.75, 3.05) is 6.54 Å². The summed E-state index contributed by atoms with van der Waals surface area (Å²) in [6.45, 7) is 10.2. The van der Waals surface area contributed by atoms with Crippen molar-refractivity contribution in [3.05, 3.63) is 35.1 Å². The van der Waals surface area contributed by atoms with E-state index in [2.05, 4.69) is 39.1 Å². The minimum atomic E-state index is -0.132. The van der Waals surface area contributed by atoms with Crippen LogP contribution in [0.4, 0.5) is 4.39 Å². The second-order valence-electron chi connectivity index (χ2n) is 5.07. The number of hydrogen-bond donors (Lipinski definition) is 1. The summed E-state index contributed by atoms with van der Waals surface area (Å²) in [4.78, 5) is 0. The lowest BCUT2D eigenvalue weighted by atomic mass is 10.0. The lowest BCUT2D eigenvalue weighted by Gasteiger charge is -2.11. The molecule has 0 aliphatic heterocycles. The van der Waals surface area contributed by atoms with Gasteiger partial charge in [-0.05, 0) is 41.6 Å². The van der Waals surface area contributed by atoms with Crippen LogP contribution in [0.1, 0.15) is 44.7 Å². The number of rotatable bonds is 5. The first-order valence-corrected chi connectivity index (χ1v) is 5.99. The van der Waals surface area contributed by atoms with Gasteiger partial charge in [-0.3, -0.25) is 0 Å². The van der Waals surface area contributed by atoms with Gasteiger partial charge >= 0.3 is 0 Å². The molecule has 1 nitrogen and oxygen atoms in total. The predicted molar refractivity (Wildman–Crippen MR) is 67.0 cm³/mol. The Morgan fingerprint density at radius 1 is 1.12 bits per heavy atom. The van der Waals surface area contributed by atoms with E-state index in [4.69, 9.17) is 0 Å². The first kappa shape index (κ1) is 13.2. The van der Waals surface area contributed by atoms with E-state index in [9.17, 15) is 4.39 Å². The van der Waals surface area contributed by atoms with Crippen LogP contribution >= 0.6 is 0 Å². The Balaban J connectivity index is 2.65. The van der Waals surface area contributed by atoms with E-state index in [0.29, 0.717) is 11.8 Å². The van der Waals surface area contributed by atoms with Crippen LogP contribution in [0.15, 0.2) is 18.2 Å². The van der Waals surface area contributed by atoms with Crippen LogP contribution in [-0.4, -0.2) is 6.54 Å². The van der Waals surface area contributed by atoms with Crippen molar-refractivity contribution in [2.45, 2.75) is 40.2 Å². The highest BCUT2D eigenvalue weighted by atomic mass is 19.1. The summed E-state index contributed by atoms with van der Waals surface area (Å²) in [5.41, 5.74) is 2.10. The van der Waals surface area contributed by atoms with E-state index < -0.39 is 0 Å². The topological polar surface area (TPSA) is 12.0 Å². The maximum atomic E-state index is 13.3. The van der Waals surface area contributed by atoms with Crippen molar-refractivity contribution < 1.29 is 4.39 Å². The van der Waals surface area contributed by atoms with Gasteiger partial charge < -0.3 is 5.32 Å². The Labute approximate surface area is 98.1 Å². The van der Waals surface area contributed by atoms with Gasteiger partial charge in [0.2, 0.25) is 0 Å². The lowest BCUT2D eigenvalue weighted by Crippen LogP contribution is -2.19. The number of benzene rings is 1. The number of hydrogen-bond acceptors (Lipinski definition) is 1. The average Bonchev–Trinajstić information content (AvgIpc) is 2.16. The second kappa shape index (κ2) is 6.00. The molecule has 0 saturated carbocycles. The fraction of sp³-hybridized carbons (Fsp3) is 0.571. The van der Waals surface area contributed by atoms with Gasteiger partial charge in [-0.15, -0.1) is 0 Å². The smallest absolute Gasteiger partial charge is 0.123 e. The molecule has 0 saturated heterocycles. The summed E-state index contributed by atoms with van der Waals surface area (Å²) in [5, 5.41) is 3.33. The van der Waals surface area contributed by atoms with E-state index in [1.807, 2.05) is 0 Å². The third kappa shape index (κ3) is 4.31. The molecule has 1 aromatic carbocycles. The summed E-state index contributed by atoms with van der Waals surface area (Å²) in [7, 11) is 0. The molecule has 0 aliphatic rings. The Bertz CT molecular complexity index is 332. The van der Waals surface area contributed by atoms with Gasteiger partial charge in [0.15, 0.2) is 0 Å². The van der Waals surface area contributed by atoms with Crippen LogP contribution in [-0.2, 0) is 6.54 Å². The Hall–Kier alpha value is -0.890. The molecule has 1 rings (SSSR count). The van der Waals surface area contributed by atoms with Crippen molar-refractivity contribution >= 4 is 0 Å². The molecular weight excluding hydrogens is 201 g/mol. The zero-order valence-electron chi connectivity index (χ0n) is 10.7. The SMILES string of the molecule is CC(C)CNCc1cc(F)cc(C(C)C)c1. The highest BCUT2D eigenvalue weighted by molar-refractivity contribution is 5.26. The summed E-state index contributed by atoms with van der Waals surface area (Å²) < 4.78 is 13.3. The Kier molecular flexibility index (Phi) is 4.94. The van der Waals surface area contributed by atoms with Crippen molar-refractivity contribution in [3.63, 3.8) is 0 Å². The van der Waals surface area contributed by atoms with Crippen molar-refractivity contribution in [2.24, 2.45) is 5.92 Å². The molecule has 0 amide bonds. The predicted octanol–water partition coefficient (Wildman–Crippen LogP) is 3.69. The van der Waals surface area contributed by atoms with Gasteiger partial charge in [0.1, 0.15) is 5.82 Å². The van der Waals surface area contributed by atoms with E-state index >= 15 is 0 Å². The lowest BCUT2D eigenvalue weighted by molar-refractivity contribution is 0.549. The maximum absolute atomic E-state index is 13.3. The zero-order valence-corrected chi connectivity index (χ0v) is 10.7. The molecule has 1 aromatic rings. The Morgan fingerprint density at radius 3 is 2.38 bits per heavy atom. The molecule has 0 radical (unpaired) electrons. The summed E-state index contributed by atoms with van der Waals surface area (Å²) in [5.74, 6) is 0.866. The molecule has 0 aliphatic carbocycles. The minimum Gasteiger partial charge on any atom is -0.312 e. The van der Waals surface area contributed by atoms with E-state index in [0.717, 1.165) is 24.2 Å². The summed E-state index contributed by atoms with van der Waals surface area (Å²) in [6, 6.07) is 5.32. The fourth-order valence-corrected chi connectivity index (χ4v) is 1.62. The average molecular weight is 223 g/mol. The first-order chi connectivity index (χ1) is 7.49. The highest BCUT2D eigenvalue weighted by Gasteiger charge is 2.04. The standard InChI is InChI=1S/C14H22FN/c1-10(2)8-16-9-12-5-13(11(3)4)7-14(15)6-12/h5-7,10-11,16H,8-9H2,1-4H3. The molecule has 90 valence electrons. The van der Waals surface area contributed by atoms with Crippen molar-refractivity contribution in [1.82, 2.24) is 5.32 Å². The van der Waals surface area contributed by atoms with Gasteiger partial charge in [0, 0.05) is 6.54 Å². The summed E-state index contributed by atoms with van der Waals surface area (Å²) >= 11 is 0. The van der Waals surface area contributed by atoms with Gasteiger partial charge in [0.25, 0.3) is 0 Å². The Morgan fingerprint density at radius 2 is 1.81 bits per heavy atom. The molecule has 2 heteroatoms. The zero-order chi connectivity index (χ0) is 12.1. The minimum absolute atomic E-state index is 0.132. The third-order valence-electron chi connectivity index (χ3n) is 2.53. The van der Waals surface area contributed by atoms with Crippen LogP contribution in [0.25, 0.3) is 0 Å². The van der Waals surface area contributed by atoms with E-state index in [1.54, 1.807) is 12.1 Å². The normalized spacial score (nSPS) is 11.4. The molecule has 0 spiro atoms. The van der Waals surface area contributed by atoms with Gasteiger partial charge in [-0.2, -0.15) is 0 Å². The first-order valence-electron chi connectivity index (χ1n) is 5.99. The molecule has 0 heterocycles. The van der Waals surface area contributed by atoms with Gasteiger partial charge in [0.05, 0.1) is 0 Å². The van der Waals surface area contributed by atoms with Gasteiger partial charge in [-0.25, -0.2) is 4.39 Å². The van der Waals surface area contributed by atoms with Crippen molar-refractivity contribution in [3.8, 4) is 0 Å².